The minimum atomic E-state index is 0.701. The van der Waals surface area contributed by atoms with Crippen LogP contribution in [0.15, 0.2) is 12.4 Å². The minimum absolute atomic E-state index is 0.701. The molecular formula is C7H13N3O. The minimum Gasteiger partial charge on any atom is -0.383 e. The molecule has 1 aromatic heterocycles. The topological polar surface area (TPSA) is 39.1 Å². The van der Waals surface area contributed by atoms with Crippen LogP contribution in [-0.2, 0) is 11.8 Å². The third kappa shape index (κ3) is 2.23. The molecule has 0 spiro atoms. The number of hydrogen-bond acceptors (Lipinski definition) is 3. The number of nitrogens with zero attached hydrogens (tertiary/aromatic N) is 2. The molecule has 0 aliphatic carbocycles. The Morgan fingerprint density at radius 2 is 2.55 bits per heavy atom. The summed E-state index contributed by atoms with van der Waals surface area (Å²) in [4.78, 5) is 4.08. The lowest BCUT2D eigenvalue weighted by Gasteiger charge is -2.03. The molecule has 0 unspecified atom stereocenters. The van der Waals surface area contributed by atoms with Crippen molar-refractivity contribution >= 4 is 5.95 Å². The molecule has 0 aliphatic rings. The van der Waals surface area contributed by atoms with E-state index in [1.165, 1.54) is 0 Å². The van der Waals surface area contributed by atoms with Crippen molar-refractivity contribution in [1.29, 1.82) is 0 Å². The van der Waals surface area contributed by atoms with Crippen molar-refractivity contribution in [3.63, 3.8) is 0 Å². The predicted octanol–water partition coefficient (Wildman–Crippen LogP) is 0.478. The fraction of sp³-hybridized carbons (Fsp3) is 0.571. The van der Waals surface area contributed by atoms with Gasteiger partial charge in [-0.25, -0.2) is 4.98 Å². The van der Waals surface area contributed by atoms with Gasteiger partial charge in [-0.05, 0) is 0 Å². The third-order valence-corrected chi connectivity index (χ3v) is 1.41. The molecule has 4 nitrogen and oxygen atoms in total. The van der Waals surface area contributed by atoms with Crippen molar-refractivity contribution < 1.29 is 4.74 Å². The Labute approximate surface area is 66.2 Å². The van der Waals surface area contributed by atoms with Gasteiger partial charge in [-0.2, -0.15) is 0 Å². The molecule has 0 saturated carbocycles. The van der Waals surface area contributed by atoms with Gasteiger partial charge in [-0.15, -0.1) is 0 Å². The molecular weight excluding hydrogens is 142 g/mol. The molecule has 0 aliphatic heterocycles. The molecule has 1 heterocycles. The van der Waals surface area contributed by atoms with Crippen LogP contribution in [0.4, 0.5) is 5.95 Å². The summed E-state index contributed by atoms with van der Waals surface area (Å²) in [6.45, 7) is 1.49. The zero-order valence-corrected chi connectivity index (χ0v) is 6.87. The highest BCUT2D eigenvalue weighted by molar-refractivity contribution is 5.24. The molecule has 1 N–H and O–H groups in total. The molecule has 4 heteroatoms. The van der Waals surface area contributed by atoms with E-state index in [4.69, 9.17) is 4.74 Å². The van der Waals surface area contributed by atoms with E-state index in [9.17, 15) is 0 Å². The van der Waals surface area contributed by atoms with Crippen molar-refractivity contribution in [3.05, 3.63) is 12.4 Å². The van der Waals surface area contributed by atoms with E-state index in [0.717, 1.165) is 12.5 Å². The van der Waals surface area contributed by atoms with Crippen molar-refractivity contribution in [3.8, 4) is 0 Å². The molecule has 1 rings (SSSR count). The SMILES string of the molecule is COCCNc1nccn1C. The van der Waals surface area contributed by atoms with Crippen LogP contribution in [-0.4, -0.2) is 29.8 Å². The number of imidazole rings is 1. The first kappa shape index (κ1) is 8.07. The van der Waals surface area contributed by atoms with Crippen LogP contribution in [0.3, 0.4) is 0 Å². The average Bonchev–Trinajstić information content (AvgIpc) is 2.37. The molecule has 0 radical (unpaired) electrons. The van der Waals surface area contributed by atoms with Gasteiger partial charge in [-0.3, -0.25) is 0 Å². The maximum Gasteiger partial charge on any atom is 0.202 e. The molecule has 1 aromatic rings. The molecule has 62 valence electrons. The fourth-order valence-electron chi connectivity index (χ4n) is 0.801. The standard InChI is InChI=1S/C7H13N3O/c1-10-5-3-8-7(10)9-4-6-11-2/h3,5H,4,6H2,1-2H3,(H,8,9). The Hall–Kier alpha value is -1.03. The third-order valence-electron chi connectivity index (χ3n) is 1.41. The van der Waals surface area contributed by atoms with Crippen molar-refractivity contribution in [2.45, 2.75) is 0 Å². The number of rotatable bonds is 4. The number of nitrogens with one attached hydrogen (secondary N) is 1. The Morgan fingerprint density at radius 1 is 1.73 bits per heavy atom. The van der Waals surface area contributed by atoms with Crippen molar-refractivity contribution in [2.75, 3.05) is 25.6 Å². The zero-order chi connectivity index (χ0) is 8.10. The van der Waals surface area contributed by atoms with Gasteiger partial charge < -0.3 is 14.6 Å². The van der Waals surface area contributed by atoms with Crippen LogP contribution >= 0.6 is 0 Å². The Bertz CT molecular complexity index is 209. The summed E-state index contributed by atoms with van der Waals surface area (Å²) in [7, 11) is 3.63. The molecule has 0 aromatic carbocycles. The van der Waals surface area contributed by atoms with Crippen LogP contribution in [0.1, 0.15) is 0 Å². The van der Waals surface area contributed by atoms with Gasteiger partial charge in [0.1, 0.15) is 0 Å². The van der Waals surface area contributed by atoms with E-state index in [2.05, 4.69) is 10.3 Å². The first-order chi connectivity index (χ1) is 5.34. The zero-order valence-electron chi connectivity index (χ0n) is 6.87. The van der Waals surface area contributed by atoms with Gasteiger partial charge in [0.25, 0.3) is 0 Å². The number of methoxy groups -OCH3 is 1. The monoisotopic (exact) mass is 155 g/mol. The van der Waals surface area contributed by atoms with Gasteiger partial charge in [0, 0.05) is 33.1 Å². The Kier molecular flexibility index (Phi) is 2.92. The van der Waals surface area contributed by atoms with Crippen molar-refractivity contribution in [2.24, 2.45) is 7.05 Å². The largest absolute Gasteiger partial charge is 0.383 e. The van der Waals surface area contributed by atoms with E-state index < -0.39 is 0 Å². The lowest BCUT2D eigenvalue weighted by molar-refractivity contribution is 0.210. The molecule has 0 bridgehead atoms. The second kappa shape index (κ2) is 3.98. The number of aromatic nitrogens is 2. The Morgan fingerprint density at radius 3 is 3.09 bits per heavy atom. The summed E-state index contributed by atoms with van der Waals surface area (Å²) in [6, 6.07) is 0. The van der Waals surface area contributed by atoms with E-state index in [1.807, 2.05) is 17.8 Å². The lowest BCUT2D eigenvalue weighted by atomic mass is 10.7. The summed E-state index contributed by atoms with van der Waals surface area (Å²) in [5.41, 5.74) is 0. The Balaban J connectivity index is 2.32. The van der Waals surface area contributed by atoms with Crippen molar-refractivity contribution in [1.82, 2.24) is 9.55 Å². The highest BCUT2D eigenvalue weighted by Gasteiger charge is 1.94. The maximum atomic E-state index is 4.88. The normalized spacial score (nSPS) is 10.0. The summed E-state index contributed by atoms with van der Waals surface area (Å²) < 4.78 is 6.81. The number of aryl methyl sites for hydroxylation is 1. The van der Waals surface area contributed by atoms with Crippen LogP contribution in [0.5, 0.6) is 0 Å². The van der Waals surface area contributed by atoms with Crippen LogP contribution in [0, 0.1) is 0 Å². The van der Waals surface area contributed by atoms with Gasteiger partial charge in [0.2, 0.25) is 5.95 Å². The summed E-state index contributed by atoms with van der Waals surface area (Å²) in [5.74, 6) is 0.877. The second-order valence-corrected chi connectivity index (χ2v) is 2.28. The second-order valence-electron chi connectivity index (χ2n) is 2.28. The van der Waals surface area contributed by atoms with Gasteiger partial charge >= 0.3 is 0 Å². The molecule has 0 fully saturated rings. The van der Waals surface area contributed by atoms with Crippen LogP contribution < -0.4 is 5.32 Å². The predicted molar refractivity (Wildman–Crippen MR) is 43.6 cm³/mol. The summed E-state index contributed by atoms with van der Waals surface area (Å²) >= 11 is 0. The van der Waals surface area contributed by atoms with E-state index in [1.54, 1.807) is 13.3 Å². The molecule has 0 atom stereocenters. The van der Waals surface area contributed by atoms with Crippen LogP contribution in [0.25, 0.3) is 0 Å². The van der Waals surface area contributed by atoms with E-state index >= 15 is 0 Å². The smallest absolute Gasteiger partial charge is 0.202 e. The van der Waals surface area contributed by atoms with Gasteiger partial charge in [0.05, 0.1) is 6.61 Å². The number of ether oxygens (including phenoxy) is 1. The van der Waals surface area contributed by atoms with Gasteiger partial charge in [0.15, 0.2) is 0 Å². The number of hydrogen-bond donors (Lipinski definition) is 1. The lowest BCUT2D eigenvalue weighted by Crippen LogP contribution is -2.10. The molecule has 11 heavy (non-hydrogen) atoms. The number of anilines is 1. The summed E-state index contributed by atoms with van der Waals surface area (Å²) in [5, 5.41) is 3.12. The first-order valence-electron chi connectivity index (χ1n) is 3.54. The molecule has 0 amide bonds. The highest BCUT2D eigenvalue weighted by atomic mass is 16.5. The molecule has 0 saturated heterocycles. The van der Waals surface area contributed by atoms with E-state index in [-0.39, 0.29) is 0 Å². The summed E-state index contributed by atoms with van der Waals surface area (Å²) in [6.07, 6.45) is 3.66. The quantitative estimate of drug-likeness (QED) is 0.643. The van der Waals surface area contributed by atoms with Gasteiger partial charge in [-0.1, -0.05) is 0 Å². The van der Waals surface area contributed by atoms with E-state index in [0.29, 0.717) is 6.61 Å². The fourth-order valence-corrected chi connectivity index (χ4v) is 0.801. The first-order valence-corrected chi connectivity index (χ1v) is 3.54. The average molecular weight is 155 g/mol. The maximum absolute atomic E-state index is 4.88. The highest BCUT2D eigenvalue weighted by Crippen LogP contribution is 1.98. The van der Waals surface area contributed by atoms with Crippen LogP contribution in [0.2, 0.25) is 0 Å².